The van der Waals surface area contributed by atoms with E-state index in [1.807, 2.05) is 6.07 Å². The van der Waals surface area contributed by atoms with Crippen LogP contribution >= 0.6 is 0 Å². The van der Waals surface area contributed by atoms with Crippen LogP contribution in [-0.2, 0) is 19.5 Å². The van der Waals surface area contributed by atoms with Crippen LogP contribution in [0.25, 0.3) is 0 Å². The van der Waals surface area contributed by atoms with Crippen molar-refractivity contribution in [3.63, 3.8) is 0 Å². The van der Waals surface area contributed by atoms with Crippen molar-refractivity contribution in [2.45, 2.75) is 19.5 Å². The normalized spacial score (nSPS) is 10.6. The predicted molar refractivity (Wildman–Crippen MR) is 55.8 cm³/mol. The third-order valence-electron chi connectivity index (χ3n) is 2.34. The van der Waals surface area contributed by atoms with Gasteiger partial charge in [0.1, 0.15) is 5.82 Å². The van der Waals surface area contributed by atoms with Crippen molar-refractivity contribution in [1.82, 2.24) is 20.2 Å². The average Bonchev–Trinajstić information content (AvgIpc) is 2.75. The Hall–Kier alpha value is -1.82. The van der Waals surface area contributed by atoms with E-state index < -0.39 is 0 Å². The second-order valence-electron chi connectivity index (χ2n) is 3.36. The molecule has 0 atom stereocenters. The van der Waals surface area contributed by atoms with Gasteiger partial charge in [-0.15, -0.1) is 5.10 Å². The van der Waals surface area contributed by atoms with E-state index in [0.717, 1.165) is 0 Å². The van der Waals surface area contributed by atoms with E-state index in [9.17, 15) is 4.39 Å². The smallest absolute Gasteiger partial charge is 0.164 e. The maximum atomic E-state index is 13.3. The molecular formula is C10H12FN5. The summed E-state index contributed by atoms with van der Waals surface area (Å²) in [7, 11) is 0. The fourth-order valence-corrected chi connectivity index (χ4v) is 1.47. The van der Waals surface area contributed by atoms with E-state index >= 15 is 0 Å². The monoisotopic (exact) mass is 221 g/mol. The summed E-state index contributed by atoms with van der Waals surface area (Å²) in [6.45, 7) is 0.810. The summed E-state index contributed by atoms with van der Waals surface area (Å²) in [4.78, 5) is 0. The van der Waals surface area contributed by atoms with Gasteiger partial charge in [0.2, 0.25) is 0 Å². The van der Waals surface area contributed by atoms with Crippen molar-refractivity contribution in [3.8, 4) is 0 Å². The van der Waals surface area contributed by atoms with Crippen molar-refractivity contribution in [1.29, 1.82) is 0 Å². The number of rotatable bonds is 4. The fourth-order valence-electron chi connectivity index (χ4n) is 1.47. The molecule has 2 N–H and O–H groups in total. The maximum absolute atomic E-state index is 13.3. The molecule has 0 spiro atoms. The van der Waals surface area contributed by atoms with Crippen molar-refractivity contribution >= 4 is 0 Å². The topological polar surface area (TPSA) is 69.6 Å². The van der Waals surface area contributed by atoms with Gasteiger partial charge in [0.25, 0.3) is 0 Å². The molecule has 84 valence electrons. The minimum atomic E-state index is -0.204. The molecule has 1 heterocycles. The lowest BCUT2D eigenvalue weighted by molar-refractivity contribution is 0.544. The molecule has 1 aromatic heterocycles. The first-order valence-electron chi connectivity index (χ1n) is 5.00. The zero-order valence-electron chi connectivity index (χ0n) is 8.67. The lowest BCUT2D eigenvalue weighted by Gasteiger charge is -2.04. The van der Waals surface area contributed by atoms with Gasteiger partial charge < -0.3 is 5.73 Å². The van der Waals surface area contributed by atoms with Gasteiger partial charge in [-0.1, -0.05) is 18.2 Å². The second kappa shape index (κ2) is 4.80. The lowest BCUT2D eigenvalue weighted by atomic mass is 10.1. The number of halogens is 1. The van der Waals surface area contributed by atoms with E-state index in [4.69, 9.17) is 5.73 Å². The number of nitrogens with zero attached hydrogens (tertiary/aromatic N) is 4. The van der Waals surface area contributed by atoms with Crippen molar-refractivity contribution in [2.24, 2.45) is 5.73 Å². The Labute approximate surface area is 92.1 Å². The first kappa shape index (κ1) is 10.7. The minimum absolute atomic E-state index is 0.204. The van der Waals surface area contributed by atoms with Gasteiger partial charge in [-0.3, -0.25) is 0 Å². The van der Waals surface area contributed by atoms with Crippen LogP contribution in [0.2, 0.25) is 0 Å². The number of benzene rings is 1. The predicted octanol–water partition coefficient (Wildman–Crippen LogP) is 0.514. The summed E-state index contributed by atoms with van der Waals surface area (Å²) in [6, 6.07) is 6.67. The molecule has 0 unspecified atom stereocenters. The highest BCUT2D eigenvalue weighted by Gasteiger charge is 2.05. The van der Waals surface area contributed by atoms with E-state index in [1.165, 1.54) is 6.07 Å². The molecular weight excluding hydrogens is 209 g/mol. The second-order valence-corrected chi connectivity index (χ2v) is 3.36. The SMILES string of the molecule is NCc1nnnn1CCc1ccccc1F. The number of aryl methyl sites for hydroxylation is 2. The van der Waals surface area contributed by atoms with Crippen LogP contribution in [-0.4, -0.2) is 20.2 Å². The molecule has 16 heavy (non-hydrogen) atoms. The van der Waals surface area contributed by atoms with Crippen LogP contribution in [0.15, 0.2) is 24.3 Å². The highest BCUT2D eigenvalue weighted by molar-refractivity contribution is 5.17. The number of nitrogens with two attached hydrogens (primary N) is 1. The Morgan fingerprint density at radius 1 is 1.31 bits per heavy atom. The Kier molecular flexibility index (Phi) is 3.21. The molecule has 2 rings (SSSR count). The molecule has 2 aromatic rings. The van der Waals surface area contributed by atoms with Crippen molar-refractivity contribution in [3.05, 3.63) is 41.5 Å². The molecule has 5 nitrogen and oxygen atoms in total. The van der Waals surface area contributed by atoms with Crippen LogP contribution in [0.1, 0.15) is 11.4 Å². The van der Waals surface area contributed by atoms with Gasteiger partial charge in [0, 0.05) is 6.54 Å². The number of aromatic nitrogens is 4. The average molecular weight is 221 g/mol. The van der Waals surface area contributed by atoms with Crippen LogP contribution < -0.4 is 5.73 Å². The first-order chi connectivity index (χ1) is 7.81. The van der Waals surface area contributed by atoms with Gasteiger partial charge in [-0.2, -0.15) is 0 Å². The summed E-state index contributed by atoms with van der Waals surface area (Å²) in [5, 5.41) is 11.1. The largest absolute Gasteiger partial charge is 0.324 e. The first-order valence-corrected chi connectivity index (χ1v) is 5.00. The molecule has 0 fully saturated rings. The third-order valence-corrected chi connectivity index (χ3v) is 2.34. The molecule has 0 saturated heterocycles. The van der Waals surface area contributed by atoms with Gasteiger partial charge in [-0.25, -0.2) is 9.07 Å². The molecule has 6 heteroatoms. The Bertz CT molecular complexity index is 468. The molecule has 0 aliphatic rings. The fraction of sp³-hybridized carbons (Fsp3) is 0.300. The van der Waals surface area contributed by atoms with Crippen LogP contribution in [0, 0.1) is 5.82 Å². The summed E-state index contributed by atoms with van der Waals surface area (Å²) < 4.78 is 14.9. The molecule has 0 amide bonds. The van der Waals surface area contributed by atoms with Crippen LogP contribution in [0.5, 0.6) is 0 Å². The number of hydrogen-bond acceptors (Lipinski definition) is 4. The summed E-state index contributed by atoms with van der Waals surface area (Å²) >= 11 is 0. The van der Waals surface area contributed by atoms with Gasteiger partial charge in [0.15, 0.2) is 5.82 Å². The molecule has 0 aliphatic heterocycles. The van der Waals surface area contributed by atoms with Gasteiger partial charge >= 0.3 is 0 Å². The van der Waals surface area contributed by atoms with Crippen LogP contribution in [0.4, 0.5) is 4.39 Å². The van der Waals surface area contributed by atoms with E-state index in [-0.39, 0.29) is 12.4 Å². The molecule has 0 aliphatic carbocycles. The Balaban J connectivity index is 2.05. The summed E-state index contributed by atoms with van der Waals surface area (Å²) in [5.74, 6) is 0.404. The van der Waals surface area contributed by atoms with E-state index in [0.29, 0.717) is 24.4 Å². The summed E-state index contributed by atoms with van der Waals surface area (Å²) in [5.41, 5.74) is 6.11. The molecule has 0 bridgehead atoms. The highest BCUT2D eigenvalue weighted by atomic mass is 19.1. The zero-order chi connectivity index (χ0) is 11.4. The maximum Gasteiger partial charge on any atom is 0.164 e. The minimum Gasteiger partial charge on any atom is -0.324 e. The summed E-state index contributed by atoms with van der Waals surface area (Å²) in [6.07, 6.45) is 0.546. The van der Waals surface area contributed by atoms with Crippen molar-refractivity contribution in [2.75, 3.05) is 0 Å². The Morgan fingerprint density at radius 2 is 2.12 bits per heavy atom. The van der Waals surface area contributed by atoms with Gasteiger partial charge in [0.05, 0.1) is 6.54 Å². The Morgan fingerprint density at radius 3 is 2.88 bits per heavy atom. The molecule has 0 radical (unpaired) electrons. The van der Waals surface area contributed by atoms with E-state index in [2.05, 4.69) is 15.5 Å². The quantitative estimate of drug-likeness (QED) is 0.816. The van der Waals surface area contributed by atoms with E-state index in [1.54, 1.807) is 16.8 Å². The highest BCUT2D eigenvalue weighted by Crippen LogP contribution is 2.08. The van der Waals surface area contributed by atoms with Gasteiger partial charge in [-0.05, 0) is 28.5 Å². The molecule has 1 aromatic carbocycles. The number of tetrazole rings is 1. The van der Waals surface area contributed by atoms with Crippen LogP contribution in [0.3, 0.4) is 0 Å². The van der Waals surface area contributed by atoms with Crippen molar-refractivity contribution < 1.29 is 4.39 Å². The molecule has 0 saturated carbocycles. The standard InChI is InChI=1S/C10H12FN5/c11-9-4-2-1-3-8(9)5-6-16-10(7-12)13-14-15-16/h1-4H,5-7,12H2. The zero-order valence-corrected chi connectivity index (χ0v) is 8.67. The lowest BCUT2D eigenvalue weighted by Crippen LogP contribution is -2.11. The number of hydrogen-bond donors (Lipinski definition) is 1. The third kappa shape index (κ3) is 2.22.